The first kappa shape index (κ1) is 11.8. The van der Waals surface area contributed by atoms with Crippen LogP contribution in [0.2, 0.25) is 0 Å². The Morgan fingerprint density at radius 1 is 1.53 bits per heavy atom. The molecule has 0 unspecified atom stereocenters. The Kier molecular flexibility index (Phi) is 3.21. The van der Waals surface area contributed by atoms with E-state index in [1.165, 1.54) is 4.90 Å². The number of hydrogen-bond donors (Lipinski definition) is 1. The first-order valence-corrected chi connectivity index (χ1v) is 5.10. The summed E-state index contributed by atoms with van der Waals surface area (Å²) in [5, 5.41) is 0. The van der Waals surface area contributed by atoms with Crippen molar-refractivity contribution in [2.45, 2.75) is 45.3 Å². The average molecular weight is 215 g/mol. The number of ether oxygens (including phenoxy) is 1. The summed E-state index contributed by atoms with van der Waals surface area (Å²) in [6, 6.07) is -0.500. The molecule has 86 valence electrons. The molecule has 1 aliphatic rings. The Hall–Kier alpha value is -1.26. The molecule has 0 aromatic carbocycles. The van der Waals surface area contributed by atoms with Crippen molar-refractivity contribution in [3.63, 3.8) is 0 Å². The maximum Gasteiger partial charge on any atom is 0.410 e. The van der Waals surface area contributed by atoms with Crippen molar-refractivity contribution >= 4 is 12.0 Å². The number of nitrogens with zero attached hydrogens (tertiary/aromatic N) is 1. The van der Waals surface area contributed by atoms with Crippen molar-refractivity contribution in [1.29, 1.82) is 0 Å². The standard InChI is InChI=1S/C10H18N2O3/c1-10(2,3)15-9(14)12-6-4-5-7(12)8(11)13/h7H,4-6H2,1-3H3,(H2,11,13)/t7-/m0/s1/i13+1. The van der Waals surface area contributed by atoms with E-state index in [1.54, 1.807) is 20.8 Å². The van der Waals surface area contributed by atoms with Crippen molar-refractivity contribution in [3.05, 3.63) is 0 Å². The molecule has 1 saturated heterocycles. The van der Waals surface area contributed by atoms with Gasteiger partial charge in [-0.2, -0.15) is 0 Å². The van der Waals surface area contributed by atoms with E-state index in [0.29, 0.717) is 13.0 Å². The Labute approximate surface area is 89.6 Å². The van der Waals surface area contributed by atoms with Crippen molar-refractivity contribution in [1.82, 2.24) is 4.90 Å². The third-order valence-electron chi connectivity index (χ3n) is 2.21. The zero-order valence-electron chi connectivity index (χ0n) is 9.45. The highest BCUT2D eigenvalue weighted by Crippen LogP contribution is 2.20. The fraction of sp³-hybridized carbons (Fsp3) is 0.800. The molecular formula is C10H18N2O3. The van der Waals surface area contributed by atoms with Gasteiger partial charge in [-0.15, -0.1) is 0 Å². The Bertz CT molecular complexity index is 270. The van der Waals surface area contributed by atoms with Gasteiger partial charge in [-0.05, 0) is 33.6 Å². The minimum atomic E-state index is -0.540. The highest BCUT2D eigenvalue weighted by atomic mass is 17.1. The van der Waals surface area contributed by atoms with Crippen molar-refractivity contribution in [3.8, 4) is 0 Å². The zero-order chi connectivity index (χ0) is 11.6. The lowest BCUT2D eigenvalue weighted by atomic mass is 10.2. The number of amides is 2. The molecule has 1 atom stereocenters. The van der Waals surface area contributed by atoms with Gasteiger partial charge in [-0.3, -0.25) is 9.69 Å². The number of carbonyl (C=O) groups excluding carboxylic acids is 2. The molecule has 5 nitrogen and oxygen atoms in total. The molecule has 0 saturated carbocycles. The lowest BCUT2D eigenvalue weighted by Crippen LogP contribution is -2.45. The van der Waals surface area contributed by atoms with Gasteiger partial charge in [0.25, 0.3) is 0 Å². The van der Waals surface area contributed by atoms with Crippen LogP contribution in [0, 0.1) is 0 Å². The molecule has 1 rings (SSSR count). The molecule has 1 heterocycles. The summed E-state index contributed by atoms with van der Waals surface area (Å²) < 4.78 is 5.18. The van der Waals surface area contributed by atoms with E-state index in [0.717, 1.165) is 6.42 Å². The molecule has 0 bridgehead atoms. The van der Waals surface area contributed by atoms with Crippen LogP contribution in [-0.2, 0) is 9.53 Å². The van der Waals surface area contributed by atoms with Crippen LogP contribution < -0.4 is 5.73 Å². The maximum atomic E-state index is 11.7. The van der Waals surface area contributed by atoms with Crippen molar-refractivity contribution in [2.24, 2.45) is 5.73 Å². The third-order valence-corrected chi connectivity index (χ3v) is 2.21. The summed E-state index contributed by atoms with van der Waals surface area (Å²) in [7, 11) is 0. The van der Waals surface area contributed by atoms with Crippen LogP contribution in [-0.4, -0.2) is 35.1 Å². The fourth-order valence-electron chi connectivity index (χ4n) is 1.60. The minimum absolute atomic E-state index is 0.455. The summed E-state index contributed by atoms with van der Waals surface area (Å²) in [6.45, 7) is 5.92. The van der Waals surface area contributed by atoms with Gasteiger partial charge < -0.3 is 10.5 Å². The van der Waals surface area contributed by atoms with Gasteiger partial charge in [-0.25, -0.2) is 4.79 Å². The highest BCUT2D eigenvalue weighted by molar-refractivity contribution is 5.84. The van der Waals surface area contributed by atoms with Gasteiger partial charge in [-0.1, -0.05) is 0 Å². The molecule has 1 aliphatic heterocycles. The Balaban J connectivity index is 2.63. The lowest BCUT2D eigenvalue weighted by molar-refractivity contribution is -0.122. The maximum absolute atomic E-state index is 11.7. The summed E-state index contributed by atoms with van der Waals surface area (Å²) in [5.41, 5.74) is 4.66. The first-order chi connectivity index (χ1) is 6.81. The molecule has 15 heavy (non-hydrogen) atoms. The lowest BCUT2D eigenvalue weighted by Gasteiger charge is -2.27. The summed E-state index contributed by atoms with van der Waals surface area (Å²) in [5.74, 6) is -0.460. The normalized spacial score (nSPS) is 21.5. The molecule has 0 aliphatic carbocycles. The smallest absolute Gasteiger partial charge is 0.410 e. The summed E-state index contributed by atoms with van der Waals surface area (Å²) in [4.78, 5) is 24.1. The fourth-order valence-corrected chi connectivity index (χ4v) is 1.60. The van der Waals surface area contributed by atoms with Crippen LogP contribution in [0.5, 0.6) is 0 Å². The van der Waals surface area contributed by atoms with E-state index in [-0.39, 0.29) is 0 Å². The van der Waals surface area contributed by atoms with Gasteiger partial charge >= 0.3 is 6.09 Å². The van der Waals surface area contributed by atoms with Crippen molar-refractivity contribution in [2.75, 3.05) is 6.54 Å². The van der Waals surface area contributed by atoms with Gasteiger partial charge in [0.1, 0.15) is 11.6 Å². The monoisotopic (exact) mass is 215 g/mol. The quantitative estimate of drug-likeness (QED) is 0.705. The Morgan fingerprint density at radius 2 is 2.13 bits per heavy atom. The topological polar surface area (TPSA) is 72.6 Å². The molecule has 0 spiro atoms. The molecule has 1 fully saturated rings. The van der Waals surface area contributed by atoms with Crippen LogP contribution in [0.15, 0.2) is 0 Å². The number of hydrogen-bond acceptors (Lipinski definition) is 3. The van der Waals surface area contributed by atoms with Crippen LogP contribution in [0.3, 0.4) is 0 Å². The van der Waals surface area contributed by atoms with E-state index >= 15 is 0 Å². The van der Waals surface area contributed by atoms with Crippen LogP contribution in [0.25, 0.3) is 0 Å². The van der Waals surface area contributed by atoms with Crippen molar-refractivity contribution < 1.29 is 14.3 Å². The van der Waals surface area contributed by atoms with Crippen LogP contribution >= 0.6 is 0 Å². The molecular weight excluding hydrogens is 197 g/mol. The van der Waals surface area contributed by atoms with Gasteiger partial charge in [0.2, 0.25) is 5.91 Å². The molecule has 0 aromatic heterocycles. The molecule has 2 amide bonds. The number of rotatable bonds is 1. The predicted molar refractivity (Wildman–Crippen MR) is 55.2 cm³/mol. The SMILES string of the molecule is CC(C)(C)OC(=O)N1CCC[C@H]1C(N)=[17O]. The zero-order valence-corrected chi connectivity index (χ0v) is 9.45. The molecule has 0 radical (unpaired) electrons. The second-order valence-electron chi connectivity index (χ2n) is 4.73. The highest BCUT2D eigenvalue weighted by Gasteiger charge is 2.35. The van der Waals surface area contributed by atoms with Crippen LogP contribution in [0.1, 0.15) is 33.6 Å². The first-order valence-electron chi connectivity index (χ1n) is 5.10. The largest absolute Gasteiger partial charge is 0.444 e. The predicted octanol–water partition coefficient (Wildman–Crippen LogP) is 0.871. The van der Waals surface area contributed by atoms with E-state index in [4.69, 9.17) is 10.5 Å². The third kappa shape index (κ3) is 3.11. The summed E-state index contributed by atoms with van der Waals surface area (Å²) >= 11 is 0. The number of nitrogens with two attached hydrogens (primary N) is 1. The van der Waals surface area contributed by atoms with Gasteiger partial charge in [0.15, 0.2) is 0 Å². The summed E-state index contributed by atoms with van der Waals surface area (Å²) in [6.07, 6.45) is 0.977. The number of likely N-dealkylation sites (tertiary alicyclic amines) is 1. The van der Waals surface area contributed by atoms with Crippen LogP contribution in [0.4, 0.5) is 4.79 Å². The van der Waals surface area contributed by atoms with Gasteiger partial charge in [0.05, 0.1) is 0 Å². The van der Waals surface area contributed by atoms with E-state index in [9.17, 15) is 9.59 Å². The minimum Gasteiger partial charge on any atom is -0.444 e. The average Bonchev–Trinajstić information content (AvgIpc) is 2.47. The van der Waals surface area contributed by atoms with E-state index < -0.39 is 23.6 Å². The second-order valence-corrected chi connectivity index (χ2v) is 4.73. The molecule has 2 N–H and O–H groups in total. The van der Waals surface area contributed by atoms with E-state index in [2.05, 4.69) is 0 Å². The number of carbonyl (C=O) groups is 2. The number of primary amides is 1. The molecule has 5 heteroatoms. The van der Waals surface area contributed by atoms with E-state index in [1.807, 2.05) is 0 Å². The second kappa shape index (κ2) is 4.08. The Morgan fingerprint density at radius 3 is 2.60 bits per heavy atom. The van der Waals surface area contributed by atoms with Gasteiger partial charge in [0, 0.05) is 6.54 Å². The molecule has 0 aromatic rings.